The first-order chi connectivity index (χ1) is 7.09. The van der Waals surface area contributed by atoms with E-state index in [2.05, 4.69) is 4.98 Å². The van der Waals surface area contributed by atoms with E-state index in [0.717, 1.165) is 12.5 Å². The van der Waals surface area contributed by atoms with E-state index in [9.17, 15) is 21.6 Å². The second-order valence-corrected chi connectivity index (χ2v) is 6.51. The lowest BCUT2D eigenvalue weighted by Gasteiger charge is -2.06. The Kier molecular flexibility index (Phi) is 3.60. The molecule has 0 spiro atoms. The predicted molar refractivity (Wildman–Crippen MR) is 53.8 cm³/mol. The minimum Gasteiger partial charge on any atom is -0.322 e. The molecule has 16 heavy (non-hydrogen) atoms. The first kappa shape index (κ1) is 13.4. The largest absolute Gasteiger partial charge is 0.443 e. The zero-order chi connectivity index (χ0) is 12.6. The van der Waals surface area contributed by atoms with Gasteiger partial charge in [0.2, 0.25) is 0 Å². The highest BCUT2D eigenvalue weighted by Crippen LogP contribution is 2.34. The summed E-state index contributed by atoms with van der Waals surface area (Å²) in [4.78, 5) is 3.27. The molecule has 0 bridgehead atoms. The molecule has 1 aromatic heterocycles. The molecule has 0 saturated heterocycles. The fraction of sp³-hybridized carbons (Fsp3) is 0.571. The molecule has 0 radical (unpaired) electrons. The average molecular weight is 274 g/mol. The number of hydrogen-bond donors (Lipinski definition) is 1. The van der Waals surface area contributed by atoms with Crippen LogP contribution in [0.2, 0.25) is 0 Å². The lowest BCUT2D eigenvalue weighted by atomic mass is 10.3. The average Bonchev–Trinajstić information content (AvgIpc) is 2.46. The molecule has 1 aromatic rings. The van der Waals surface area contributed by atoms with Gasteiger partial charge in [-0.05, 0) is 0 Å². The zero-order valence-electron chi connectivity index (χ0n) is 8.15. The van der Waals surface area contributed by atoms with Crippen molar-refractivity contribution in [1.82, 2.24) is 4.98 Å². The Balaban J connectivity index is 2.87. The van der Waals surface area contributed by atoms with Gasteiger partial charge in [0.15, 0.2) is 5.01 Å². The number of thiazole rings is 1. The van der Waals surface area contributed by atoms with E-state index < -0.39 is 32.8 Å². The third-order valence-corrected chi connectivity index (χ3v) is 3.75. The van der Waals surface area contributed by atoms with Crippen LogP contribution in [0.25, 0.3) is 0 Å². The van der Waals surface area contributed by atoms with Crippen LogP contribution in [0.1, 0.15) is 15.9 Å². The summed E-state index contributed by atoms with van der Waals surface area (Å²) >= 11 is 0.363. The highest BCUT2D eigenvalue weighted by atomic mass is 32.2. The number of nitrogens with two attached hydrogens (primary N) is 1. The quantitative estimate of drug-likeness (QED) is 0.899. The smallest absolute Gasteiger partial charge is 0.322 e. The van der Waals surface area contributed by atoms with E-state index in [0.29, 0.717) is 11.3 Å². The lowest BCUT2D eigenvalue weighted by molar-refractivity contribution is -0.137. The summed E-state index contributed by atoms with van der Waals surface area (Å²) in [5.41, 5.74) is 5.46. The van der Waals surface area contributed by atoms with Crippen molar-refractivity contribution in [3.8, 4) is 0 Å². The van der Waals surface area contributed by atoms with Gasteiger partial charge in [-0.2, -0.15) is 13.2 Å². The van der Waals surface area contributed by atoms with Crippen molar-refractivity contribution in [3.05, 3.63) is 16.1 Å². The van der Waals surface area contributed by atoms with Crippen molar-refractivity contribution >= 4 is 21.2 Å². The Labute approximate surface area is 94.2 Å². The van der Waals surface area contributed by atoms with Crippen LogP contribution >= 0.6 is 11.3 Å². The van der Waals surface area contributed by atoms with Gasteiger partial charge in [-0.3, -0.25) is 0 Å². The van der Waals surface area contributed by atoms with Crippen molar-refractivity contribution in [2.45, 2.75) is 12.2 Å². The molecule has 2 N–H and O–H groups in total. The van der Waals surface area contributed by atoms with Crippen LogP contribution < -0.4 is 5.73 Å². The number of aromatic nitrogens is 1. The Morgan fingerprint density at radius 3 is 2.50 bits per heavy atom. The summed E-state index contributed by atoms with van der Waals surface area (Å²) in [6.07, 6.45) is -2.59. The summed E-state index contributed by atoms with van der Waals surface area (Å²) in [7, 11) is -3.33. The summed E-state index contributed by atoms with van der Waals surface area (Å²) in [5, 5.41) is -1.02. The van der Waals surface area contributed by atoms with Crippen LogP contribution in [-0.4, -0.2) is 25.4 Å². The van der Waals surface area contributed by atoms with Crippen molar-refractivity contribution in [1.29, 1.82) is 0 Å². The minimum absolute atomic E-state index is 0.109. The molecular formula is C7H9F3N2O2S2. The van der Waals surface area contributed by atoms with Crippen LogP contribution in [0.4, 0.5) is 13.2 Å². The van der Waals surface area contributed by atoms with Crippen molar-refractivity contribution in [2.24, 2.45) is 5.73 Å². The fourth-order valence-corrected chi connectivity index (χ4v) is 2.72. The van der Waals surface area contributed by atoms with E-state index in [1.54, 1.807) is 0 Å². The van der Waals surface area contributed by atoms with E-state index in [4.69, 9.17) is 5.73 Å². The first-order valence-electron chi connectivity index (χ1n) is 4.06. The van der Waals surface area contributed by atoms with Gasteiger partial charge in [0.05, 0.1) is 11.8 Å². The number of sulfone groups is 1. The van der Waals surface area contributed by atoms with Gasteiger partial charge < -0.3 is 5.73 Å². The van der Waals surface area contributed by atoms with Crippen molar-refractivity contribution in [2.75, 3.05) is 12.0 Å². The first-order valence-corrected chi connectivity index (χ1v) is 6.93. The number of rotatable bonds is 3. The molecule has 1 unspecified atom stereocenters. The number of alkyl halides is 3. The molecule has 0 aliphatic heterocycles. The van der Waals surface area contributed by atoms with Gasteiger partial charge >= 0.3 is 6.18 Å². The second-order valence-electron chi connectivity index (χ2n) is 3.26. The van der Waals surface area contributed by atoms with Crippen LogP contribution in [-0.2, 0) is 16.0 Å². The summed E-state index contributed by atoms with van der Waals surface area (Å²) in [6, 6.07) is -0.969. The van der Waals surface area contributed by atoms with Gasteiger partial charge in [0.1, 0.15) is 9.84 Å². The lowest BCUT2D eigenvalue weighted by Crippen LogP contribution is -2.19. The molecular weight excluding hydrogens is 265 g/mol. The number of hydrogen-bond acceptors (Lipinski definition) is 5. The summed E-state index contributed by atoms with van der Waals surface area (Å²) < 4.78 is 58.4. The summed E-state index contributed by atoms with van der Waals surface area (Å²) in [5.74, 6) is -0.396. The second kappa shape index (κ2) is 4.30. The molecule has 4 nitrogen and oxygen atoms in total. The predicted octanol–water partition coefficient (Wildman–Crippen LogP) is 1.21. The normalized spacial score (nSPS) is 15.1. The number of halogens is 3. The third-order valence-electron chi connectivity index (χ3n) is 1.61. The summed E-state index contributed by atoms with van der Waals surface area (Å²) in [6.45, 7) is 0. The standard InChI is InChI=1S/C7H9F3N2O2S2/c1-16(13,14)3-4(11)5-2-12-6(15-5)7(8,9)10/h2,4H,3,11H2,1H3. The maximum atomic E-state index is 12.2. The molecule has 0 aliphatic carbocycles. The maximum absolute atomic E-state index is 12.2. The Morgan fingerprint density at radius 2 is 2.12 bits per heavy atom. The number of nitrogens with zero attached hydrogens (tertiary/aromatic N) is 1. The Bertz CT molecular complexity index is 466. The van der Waals surface area contributed by atoms with Crippen molar-refractivity contribution in [3.63, 3.8) is 0 Å². The monoisotopic (exact) mass is 274 g/mol. The van der Waals surface area contributed by atoms with Gasteiger partial charge in [0, 0.05) is 17.3 Å². The molecule has 1 heterocycles. The molecule has 0 aliphatic rings. The molecule has 1 rings (SSSR count). The maximum Gasteiger partial charge on any atom is 0.443 e. The van der Waals surface area contributed by atoms with Crippen molar-refractivity contribution < 1.29 is 21.6 Å². The molecule has 92 valence electrons. The topological polar surface area (TPSA) is 73.0 Å². The Morgan fingerprint density at radius 1 is 1.56 bits per heavy atom. The van der Waals surface area contributed by atoms with Crippen LogP contribution in [0.3, 0.4) is 0 Å². The molecule has 0 saturated carbocycles. The fourth-order valence-electron chi connectivity index (χ4n) is 0.997. The molecule has 0 amide bonds. The van der Waals surface area contributed by atoms with Crippen LogP contribution in [0.5, 0.6) is 0 Å². The van der Waals surface area contributed by atoms with Crippen LogP contribution in [0.15, 0.2) is 6.20 Å². The van der Waals surface area contributed by atoms with E-state index in [1.807, 2.05) is 0 Å². The van der Waals surface area contributed by atoms with Gasteiger partial charge in [-0.25, -0.2) is 13.4 Å². The van der Waals surface area contributed by atoms with Gasteiger partial charge in [-0.1, -0.05) is 0 Å². The SMILES string of the molecule is CS(=O)(=O)CC(N)c1cnc(C(F)(F)F)s1. The molecule has 1 atom stereocenters. The minimum atomic E-state index is -4.52. The van der Waals surface area contributed by atoms with Crippen LogP contribution in [0, 0.1) is 0 Å². The van der Waals surface area contributed by atoms with E-state index in [-0.39, 0.29) is 4.88 Å². The van der Waals surface area contributed by atoms with Gasteiger partial charge in [0.25, 0.3) is 0 Å². The molecule has 0 fully saturated rings. The van der Waals surface area contributed by atoms with Gasteiger partial charge in [-0.15, -0.1) is 11.3 Å². The Hall–Kier alpha value is -0.670. The van der Waals surface area contributed by atoms with E-state index >= 15 is 0 Å². The highest BCUT2D eigenvalue weighted by molar-refractivity contribution is 7.90. The molecule has 9 heteroatoms. The third kappa shape index (κ3) is 3.72. The van der Waals surface area contributed by atoms with E-state index in [1.165, 1.54) is 0 Å². The highest BCUT2D eigenvalue weighted by Gasteiger charge is 2.35. The molecule has 0 aromatic carbocycles. The zero-order valence-corrected chi connectivity index (χ0v) is 9.79.